The first-order chi connectivity index (χ1) is 13.0. The maximum absolute atomic E-state index is 12.4. The van der Waals surface area contributed by atoms with Crippen molar-refractivity contribution >= 4 is 32.8 Å². The number of fused-ring (bicyclic) bond motifs is 1. The molecule has 2 aromatic carbocycles. The standard InChI is InChI=1S/C18H19N4O4P/c19-18(20)22-11-3-1-10(2-4-11)17(24)26-12-7-14(16(23)21-9-27)13-5-6-25-15(13)8-12/h1-4,7-8H,5-6,9,27H2,(H,21,23)(H4,19,20,22). The van der Waals surface area contributed by atoms with Crippen LogP contribution in [0.3, 0.4) is 0 Å². The van der Waals surface area contributed by atoms with Crippen molar-refractivity contribution in [3.05, 3.63) is 53.1 Å². The maximum Gasteiger partial charge on any atom is 0.343 e. The van der Waals surface area contributed by atoms with Crippen LogP contribution in [0.4, 0.5) is 5.69 Å². The number of guanidine groups is 1. The van der Waals surface area contributed by atoms with Crippen molar-refractivity contribution in [2.45, 2.75) is 6.42 Å². The van der Waals surface area contributed by atoms with Crippen LogP contribution in [-0.4, -0.2) is 30.7 Å². The van der Waals surface area contributed by atoms with E-state index in [1.807, 2.05) is 0 Å². The number of carbonyl (C=O) groups is 2. The van der Waals surface area contributed by atoms with Crippen molar-refractivity contribution in [1.29, 1.82) is 5.41 Å². The highest BCUT2D eigenvalue weighted by Crippen LogP contribution is 2.33. The average molecular weight is 386 g/mol. The summed E-state index contributed by atoms with van der Waals surface area (Å²) in [5, 5.41) is 12.5. The Hall–Kier alpha value is -3.12. The summed E-state index contributed by atoms with van der Waals surface area (Å²) in [6, 6.07) is 9.50. The number of hydrogen-bond donors (Lipinski definition) is 4. The van der Waals surface area contributed by atoms with E-state index in [4.69, 9.17) is 20.6 Å². The normalized spacial score (nSPS) is 11.9. The summed E-state index contributed by atoms with van der Waals surface area (Å²) in [4.78, 5) is 24.7. The van der Waals surface area contributed by atoms with Gasteiger partial charge in [0, 0.05) is 30.0 Å². The lowest BCUT2D eigenvalue weighted by atomic mass is 10.0. The van der Waals surface area contributed by atoms with Gasteiger partial charge >= 0.3 is 5.97 Å². The number of benzene rings is 2. The van der Waals surface area contributed by atoms with Crippen LogP contribution in [0.5, 0.6) is 11.5 Å². The minimum Gasteiger partial charge on any atom is -0.493 e. The second-order valence-corrected chi connectivity index (χ2v) is 6.17. The van der Waals surface area contributed by atoms with Crippen molar-refractivity contribution in [2.75, 3.05) is 18.2 Å². The van der Waals surface area contributed by atoms with Crippen LogP contribution in [-0.2, 0) is 6.42 Å². The molecular weight excluding hydrogens is 367 g/mol. The zero-order valence-corrected chi connectivity index (χ0v) is 15.5. The molecule has 0 spiro atoms. The molecule has 27 heavy (non-hydrogen) atoms. The van der Waals surface area contributed by atoms with E-state index >= 15 is 0 Å². The molecule has 1 aliphatic heterocycles. The van der Waals surface area contributed by atoms with Gasteiger partial charge in [0.2, 0.25) is 0 Å². The smallest absolute Gasteiger partial charge is 0.343 e. The Balaban J connectivity index is 1.80. The monoisotopic (exact) mass is 386 g/mol. The van der Waals surface area contributed by atoms with E-state index in [0.717, 1.165) is 5.56 Å². The summed E-state index contributed by atoms with van der Waals surface area (Å²) in [7, 11) is 2.43. The van der Waals surface area contributed by atoms with Gasteiger partial charge in [0.1, 0.15) is 11.5 Å². The summed E-state index contributed by atoms with van der Waals surface area (Å²) >= 11 is 0. The third kappa shape index (κ3) is 4.35. The van der Waals surface area contributed by atoms with Gasteiger partial charge in [-0.05, 0) is 30.3 Å². The highest BCUT2D eigenvalue weighted by Gasteiger charge is 2.23. The molecule has 9 heteroatoms. The van der Waals surface area contributed by atoms with Gasteiger partial charge in [-0.2, -0.15) is 0 Å². The third-order valence-electron chi connectivity index (χ3n) is 3.91. The molecule has 3 rings (SSSR count). The number of nitrogens with two attached hydrogens (primary N) is 1. The zero-order chi connectivity index (χ0) is 19.4. The molecule has 5 N–H and O–H groups in total. The quantitative estimate of drug-likeness (QED) is 0.204. The third-order valence-corrected chi connectivity index (χ3v) is 4.11. The molecule has 0 fully saturated rings. The Morgan fingerprint density at radius 1 is 1.26 bits per heavy atom. The van der Waals surface area contributed by atoms with Crippen LogP contribution in [0, 0.1) is 5.41 Å². The molecule has 1 heterocycles. The number of ether oxygens (including phenoxy) is 2. The van der Waals surface area contributed by atoms with Gasteiger partial charge in [-0.25, -0.2) is 4.79 Å². The summed E-state index contributed by atoms with van der Waals surface area (Å²) in [5.41, 5.74) is 7.42. The fourth-order valence-electron chi connectivity index (χ4n) is 2.73. The van der Waals surface area contributed by atoms with E-state index in [0.29, 0.717) is 41.9 Å². The molecule has 0 saturated heterocycles. The molecular formula is C18H19N4O4P. The molecule has 0 radical (unpaired) electrons. The number of rotatable bonds is 5. The molecule has 1 amide bonds. The van der Waals surface area contributed by atoms with Gasteiger partial charge in [-0.3, -0.25) is 10.2 Å². The van der Waals surface area contributed by atoms with E-state index in [2.05, 4.69) is 19.9 Å². The first-order valence-electron chi connectivity index (χ1n) is 8.19. The summed E-state index contributed by atoms with van der Waals surface area (Å²) in [6.45, 7) is 0.485. The van der Waals surface area contributed by atoms with Crippen molar-refractivity contribution in [2.24, 2.45) is 5.73 Å². The number of hydrogen-bond acceptors (Lipinski definition) is 5. The van der Waals surface area contributed by atoms with Crippen molar-refractivity contribution in [3.8, 4) is 11.5 Å². The van der Waals surface area contributed by atoms with Crippen LogP contribution in [0.1, 0.15) is 26.3 Å². The highest BCUT2D eigenvalue weighted by atomic mass is 31.0. The number of carbonyl (C=O) groups excluding carboxylic acids is 2. The van der Waals surface area contributed by atoms with Crippen LogP contribution in [0.15, 0.2) is 36.4 Å². The van der Waals surface area contributed by atoms with Crippen molar-refractivity contribution in [1.82, 2.24) is 5.32 Å². The van der Waals surface area contributed by atoms with Gasteiger partial charge in [0.15, 0.2) is 5.96 Å². The number of nitrogens with one attached hydrogen (secondary N) is 3. The largest absolute Gasteiger partial charge is 0.493 e. The molecule has 0 aromatic heterocycles. The van der Waals surface area contributed by atoms with Crippen LogP contribution in [0.25, 0.3) is 0 Å². The zero-order valence-electron chi connectivity index (χ0n) is 14.4. The minimum absolute atomic E-state index is 0.195. The number of anilines is 1. The molecule has 1 atom stereocenters. The van der Waals surface area contributed by atoms with Crippen LogP contribution < -0.4 is 25.8 Å². The molecule has 8 nitrogen and oxygen atoms in total. The van der Waals surface area contributed by atoms with E-state index < -0.39 is 5.97 Å². The van der Waals surface area contributed by atoms with E-state index in [9.17, 15) is 9.59 Å². The van der Waals surface area contributed by atoms with Gasteiger partial charge in [0.05, 0.1) is 17.7 Å². The predicted octanol–water partition coefficient (Wildman–Crippen LogP) is 1.71. The van der Waals surface area contributed by atoms with E-state index in [1.54, 1.807) is 36.4 Å². The lowest BCUT2D eigenvalue weighted by Gasteiger charge is -2.11. The summed E-state index contributed by atoms with van der Waals surface area (Å²) in [5.74, 6) is -0.223. The molecule has 140 valence electrons. The average Bonchev–Trinajstić information content (AvgIpc) is 3.09. The van der Waals surface area contributed by atoms with Gasteiger partial charge in [0.25, 0.3) is 5.91 Å². The minimum atomic E-state index is -0.570. The Morgan fingerprint density at radius 3 is 2.67 bits per heavy atom. The van der Waals surface area contributed by atoms with Crippen LogP contribution in [0.2, 0.25) is 0 Å². The van der Waals surface area contributed by atoms with E-state index in [1.165, 1.54) is 0 Å². The first-order valence-corrected chi connectivity index (χ1v) is 9.01. The van der Waals surface area contributed by atoms with E-state index in [-0.39, 0.29) is 17.6 Å². The molecule has 0 saturated carbocycles. The molecule has 0 bridgehead atoms. The Bertz CT molecular complexity index is 899. The Morgan fingerprint density at radius 2 is 2.00 bits per heavy atom. The Kier molecular flexibility index (Phi) is 5.57. The van der Waals surface area contributed by atoms with Gasteiger partial charge in [-0.15, -0.1) is 9.24 Å². The lowest BCUT2D eigenvalue weighted by Crippen LogP contribution is -2.22. The first kappa shape index (κ1) is 18.7. The van der Waals surface area contributed by atoms with Crippen molar-refractivity contribution < 1.29 is 19.1 Å². The topological polar surface area (TPSA) is 127 Å². The molecule has 0 aliphatic carbocycles. The van der Waals surface area contributed by atoms with Gasteiger partial charge < -0.3 is 25.8 Å². The highest BCUT2D eigenvalue weighted by molar-refractivity contribution is 7.16. The van der Waals surface area contributed by atoms with Crippen molar-refractivity contribution in [3.63, 3.8) is 0 Å². The summed E-state index contributed by atoms with van der Waals surface area (Å²) < 4.78 is 11.0. The second-order valence-electron chi connectivity index (χ2n) is 5.76. The second kappa shape index (κ2) is 8.05. The van der Waals surface area contributed by atoms with Gasteiger partial charge in [-0.1, -0.05) is 0 Å². The van der Waals surface area contributed by atoms with Crippen LogP contribution >= 0.6 is 9.24 Å². The fourth-order valence-corrected chi connectivity index (χ4v) is 2.92. The molecule has 2 aromatic rings. The lowest BCUT2D eigenvalue weighted by molar-refractivity contribution is 0.0733. The molecule has 1 aliphatic rings. The fraction of sp³-hybridized carbons (Fsp3) is 0.167. The predicted molar refractivity (Wildman–Crippen MR) is 105 cm³/mol. The number of esters is 1. The SMILES string of the molecule is N=C(N)Nc1ccc(C(=O)Oc2cc3c(c(C(=O)NCP)c2)CCO3)cc1. The molecule has 1 unspecified atom stereocenters. The number of amides is 1. The maximum atomic E-state index is 12.4. The Labute approximate surface area is 158 Å². The summed E-state index contributed by atoms with van der Waals surface area (Å²) in [6.07, 6.45) is 1.05.